The number of halogens is 1. The Kier molecular flexibility index (Phi) is 9.87. The number of amides is 1. The topological polar surface area (TPSA) is 69.6 Å². The quantitative estimate of drug-likeness (QED) is 0.410. The molecule has 8 nitrogen and oxygen atoms in total. The van der Waals surface area contributed by atoms with Gasteiger partial charge in [-0.05, 0) is 59.0 Å². The molecular weight excluding hydrogens is 521 g/mol. The van der Waals surface area contributed by atoms with Crippen molar-refractivity contribution in [2.45, 2.75) is 45.4 Å². The maximum atomic E-state index is 12.4. The molecule has 2 aliphatic rings. The molecule has 0 spiro atoms. The van der Waals surface area contributed by atoms with Gasteiger partial charge in [0, 0.05) is 32.7 Å². The van der Waals surface area contributed by atoms with Crippen molar-refractivity contribution in [3.63, 3.8) is 0 Å². The summed E-state index contributed by atoms with van der Waals surface area (Å²) in [6, 6.07) is 8.42. The molecule has 1 fully saturated rings. The van der Waals surface area contributed by atoms with Crippen LogP contribution in [0.4, 0.5) is 4.79 Å². The molecule has 1 aromatic carbocycles. The summed E-state index contributed by atoms with van der Waals surface area (Å²) in [5, 5.41) is 3.46. The number of carbonyl (C=O) groups excluding carboxylic acids is 1. The molecule has 3 rings (SSSR count). The minimum Gasteiger partial charge on any atom is -0.494 e. The number of guanidine groups is 1. The number of aliphatic imine (C=N–C) groups is 1. The minimum absolute atomic E-state index is 0. The second kappa shape index (κ2) is 11.9. The highest BCUT2D eigenvalue weighted by atomic mass is 127. The van der Waals surface area contributed by atoms with Crippen LogP contribution in [0.15, 0.2) is 29.3 Å². The van der Waals surface area contributed by atoms with Crippen LogP contribution in [-0.4, -0.2) is 91.8 Å². The molecule has 1 N–H and O–H groups in total. The fourth-order valence-electron chi connectivity index (χ4n) is 3.68. The van der Waals surface area contributed by atoms with Gasteiger partial charge in [0.2, 0.25) is 0 Å². The first-order valence-electron chi connectivity index (χ1n) is 11.1. The van der Waals surface area contributed by atoms with E-state index in [4.69, 9.17) is 9.47 Å². The largest absolute Gasteiger partial charge is 0.494 e. The summed E-state index contributed by atoms with van der Waals surface area (Å²) in [7, 11) is 4.14. The SMILES string of the molecule is CN(C)CCCOc1ccc(CNC2=NCC3CN(C(=O)OC(C)(C)C)CCN23)cc1.I. The second-order valence-electron chi connectivity index (χ2n) is 9.44. The van der Waals surface area contributed by atoms with E-state index in [-0.39, 0.29) is 36.1 Å². The average molecular weight is 559 g/mol. The summed E-state index contributed by atoms with van der Waals surface area (Å²) < 4.78 is 11.3. The van der Waals surface area contributed by atoms with E-state index in [1.165, 1.54) is 5.56 Å². The van der Waals surface area contributed by atoms with Crippen LogP contribution in [0.3, 0.4) is 0 Å². The average Bonchev–Trinajstić information content (AvgIpc) is 3.11. The molecule has 0 bridgehead atoms. The summed E-state index contributed by atoms with van der Waals surface area (Å²) in [6.07, 6.45) is 0.774. The number of nitrogens with zero attached hydrogens (tertiary/aromatic N) is 4. The highest BCUT2D eigenvalue weighted by molar-refractivity contribution is 14.0. The van der Waals surface area contributed by atoms with Gasteiger partial charge in [-0.15, -0.1) is 24.0 Å². The Morgan fingerprint density at radius 3 is 2.59 bits per heavy atom. The monoisotopic (exact) mass is 559 g/mol. The highest BCUT2D eigenvalue weighted by Gasteiger charge is 2.36. The lowest BCUT2D eigenvalue weighted by Gasteiger charge is -2.39. The predicted molar refractivity (Wildman–Crippen MR) is 138 cm³/mol. The summed E-state index contributed by atoms with van der Waals surface area (Å²) in [5.74, 6) is 1.82. The highest BCUT2D eigenvalue weighted by Crippen LogP contribution is 2.19. The molecular formula is C23H38IN5O3. The maximum absolute atomic E-state index is 12.4. The van der Waals surface area contributed by atoms with Gasteiger partial charge < -0.3 is 29.5 Å². The molecule has 32 heavy (non-hydrogen) atoms. The van der Waals surface area contributed by atoms with E-state index in [2.05, 4.69) is 46.3 Å². The number of nitrogens with one attached hydrogen (secondary N) is 1. The zero-order valence-electron chi connectivity index (χ0n) is 20.0. The normalized spacial score (nSPS) is 18.1. The predicted octanol–water partition coefficient (Wildman–Crippen LogP) is 3.02. The molecule has 2 heterocycles. The molecule has 0 aliphatic carbocycles. The van der Waals surface area contributed by atoms with Crippen LogP contribution >= 0.6 is 24.0 Å². The van der Waals surface area contributed by atoms with Gasteiger partial charge in [-0.1, -0.05) is 12.1 Å². The number of piperazine rings is 1. The van der Waals surface area contributed by atoms with E-state index in [0.29, 0.717) is 26.2 Å². The molecule has 1 atom stereocenters. The van der Waals surface area contributed by atoms with E-state index in [1.54, 1.807) is 4.90 Å². The third-order valence-electron chi connectivity index (χ3n) is 5.25. The molecule has 1 unspecified atom stereocenters. The third kappa shape index (κ3) is 7.99. The van der Waals surface area contributed by atoms with Crippen molar-refractivity contribution < 1.29 is 14.3 Å². The molecule has 9 heteroatoms. The van der Waals surface area contributed by atoms with Gasteiger partial charge in [0.05, 0.1) is 19.2 Å². The fraction of sp³-hybridized carbons (Fsp3) is 0.652. The van der Waals surface area contributed by atoms with Crippen LogP contribution in [0.2, 0.25) is 0 Å². The van der Waals surface area contributed by atoms with Gasteiger partial charge in [0.25, 0.3) is 0 Å². The molecule has 1 saturated heterocycles. The van der Waals surface area contributed by atoms with Crippen LogP contribution in [-0.2, 0) is 11.3 Å². The lowest BCUT2D eigenvalue weighted by molar-refractivity contribution is 0.0137. The molecule has 0 saturated carbocycles. The Balaban J connectivity index is 0.00000363. The number of carbonyl (C=O) groups is 1. The van der Waals surface area contributed by atoms with Crippen molar-refractivity contribution in [3.05, 3.63) is 29.8 Å². The number of benzene rings is 1. The fourth-order valence-corrected chi connectivity index (χ4v) is 3.68. The van der Waals surface area contributed by atoms with Crippen LogP contribution in [0.1, 0.15) is 32.8 Å². The van der Waals surface area contributed by atoms with Crippen molar-refractivity contribution in [1.29, 1.82) is 0 Å². The Bertz CT molecular complexity index is 764. The van der Waals surface area contributed by atoms with Gasteiger partial charge in [-0.3, -0.25) is 4.99 Å². The first kappa shape index (κ1) is 26.5. The Hall–Kier alpha value is -1.75. The summed E-state index contributed by atoms with van der Waals surface area (Å²) >= 11 is 0. The maximum Gasteiger partial charge on any atom is 0.410 e. The number of ether oxygens (including phenoxy) is 2. The van der Waals surface area contributed by atoms with Crippen LogP contribution < -0.4 is 10.1 Å². The van der Waals surface area contributed by atoms with Crippen LogP contribution in [0.25, 0.3) is 0 Å². The van der Waals surface area contributed by atoms with Crippen LogP contribution in [0, 0.1) is 0 Å². The van der Waals surface area contributed by atoms with Gasteiger partial charge >= 0.3 is 6.09 Å². The first-order chi connectivity index (χ1) is 14.7. The molecule has 1 aromatic rings. The van der Waals surface area contributed by atoms with Crippen molar-refractivity contribution >= 4 is 36.0 Å². The Morgan fingerprint density at radius 2 is 1.94 bits per heavy atom. The lowest BCUT2D eigenvalue weighted by atomic mass is 10.2. The molecule has 2 aliphatic heterocycles. The zero-order valence-corrected chi connectivity index (χ0v) is 22.3. The van der Waals surface area contributed by atoms with Crippen molar-refractivity contribution in [3.8, 4) is 5.75 Å². The number of hydrogen-bond donors (Lipinski definition) is 1. The molecule has 1 amide bonds. The smallest absolute Gasteiger partial charge is 0.410 e. The van der Waals surface area contributed by atoms with Gasteiger partial charge in [0.15, 0.2) is 5.96 Å². The summed E-state index contributed by atoms with van der Waals surface area (Å²) in [5.41, 5.74) is 0.707. The van der Waals surface area contributed by atoms with Crippen molar-refractivity contribution in [2.75, 3.05) is 53.4 Å². The van der Waals surface area contributed by atoms with E-state index >= 15 is 0 Å². The standard InChI is InChI=1S/C23H37N5O3.HI/c1-23(2,3)31-22(29)27-12-13-28-19(17-27)16-25-21(28)24-15-18-7-9-20(10-8-18)30-14-6-11-26(4)5;/h7-10,19H,6,11-17H2,1-5H3,(H,24,25);1H. The lowest BCUT2D eigenvalue weighted by Crippen LogP contribution is -2.57. The number of hydrogen-bond acceptors (Lipinski definition) is 7. The van der Waals surface area contributed by atoms with E-state index in [9.17, 15) is 4.79 Å². The van der Waals surface area contributed by atoms with Crippen molar-refractivity contribution in [1.82, 2.24) is 20.0 Å². The second-order valence-corrected chi connectivity index (χ2v) is 9.44. The van der Waals surface area contributed by atoms with E-state index in [0.717, 1.165) is 37.8 Å². The molecule has 0 radical (unpaired) electrons. The van der Waals surface area contributed by atoms with Gasteiger partial charge in [-0.2, -0.15) is 0 Å². The Labute approximate surface area is 209 Å². The summed E-state index contributed by atoms with van der Waals surface area (Å²) in [6.45, 7) is 10.9. The van der Waals surface area contributed by atoms with Gasteiger partial charge in [0.1, 0.15) is 11.4 Å². The van der Waals surface area contributed by atoms with Crippen LogP contribution in [0.5, 0.6) is 5.75 Å². The van der Waals surface area contributed by atoms with Crippen molar-refractivity contribution in [2.24, 2.45) is 4.99 Å². The number of fused-ring (bicyclic) bond motifs is 1. The molecule has 0 aromatic heterocycles. The van der Waals surface area contributed by atoms with E-state index < -0.39 is 5.60 Å². The number of rotatable bonds is 7. The zero-order chi connectivity index (χ0) is 22.4. The van der Waals surface area contributed by atoms with E-state index in [1.807, 2.05) is 32.9 Å². The third-order valence-corrected chi connectivity index (χ3v) is 5.25. The molecule has 180 valence electrons. The van der Waals surface area contributed by atoms with Gasteiger partial charge in [-0.25, -0.2) is 4.79 Å². The minimum atomic E-state index is -0.472. The summed E-state index contributed by atoms with van der Waals surface area (Å²) in [4.78, 5) is 23.2. The Morgan fingerprint density at radius 1 is 1.22 bits per heavy atom. The first-order valence-corrected chi connectivity index (χ1v) is 11.1.